The Kier molecular flexibility index (Phi) is 2.64. The summed E-state index contributed by atoms with van der Waals surface area (Å²) in [6.07, 6.45) is 6.42. The number of hydrogen-bond acceptors (Lipinski definition) is 2. The van der Waals surface area contributed by atoms with Gasteiger partial charge in [-0.25, -0.2) is 4.68 Å². The number of aromatic nitrogens is 2. The summed E-state index contributed by atoms with van der Waals surface area (Å²) in [4.78, 5) is 0. The van der Waals surface area contributed by atoms with Crippen LogP contribution in [-0.4, -0.2) is 16.4 Å². The molecule has 1 saturated heterocycles. The summed E-state index contributed by atoms with van der Waals surface area (Å²) >= 11 is 6.07. The van der Waals surface area contributed by atoms with Crippen LogP contribution in [0.4, 0.5) is 0 Å². The molecular formula is C15H15ClN2O. The summed E-state index contributed by atoms with van der Waals surface area (Å²) in [6, 6.07) is 6.11. The lowest BCUT2D eigenvalue weighted by Crippen LogP contribution is -2.19. The van der Waals surface area contributed by atoms with Gasteiger partial charge in [-0.2, -0.15) is 5.10 Å². The van der Waals surface area contributed by atoms with Crippen LogP contribution in [-0.2, 0) is 11.2 Å². The summed E-state index contributed by atoms with van der Waals surface area (Å²) in [5.74, 6) is 0. The third kappa shape index (κ3) is 1.80. The van der Waals surface area contributed by atoms with E-state index in [0.717, 1.165) is 30.9 Å². The Labute approximate surface area is 117 Å². The van der Waals surface area contributed by atoms with E-state index in [0.29, 0.717) is 0 Å². The summed E-state index contributed by atoms with van der Waals surface area (Å²) in [6.45, 7) is 0.840. The van der Waals surface area contributed by atoms with Gasteiger partial charge >= 0.3 is 0 Å². The van der Waals surface area contributed by atoms with Crippen molar-refractivity contribution in [2.45, 2.75) is 31.9 Å². The first-order chi connectivity index (χ1) is 9.33. The SMILES string of the molecule is Clc1ccc2c(c1)Cc1cnn(C3CCCCO3)c1-2. The highest BCUT2D eigenvalue weighted by atomic mass is 35.5. The molecule has 98 valence electrons. The van der Waals surface area contributed by atoms with Gasteiger partial charge in [-0.15, -0.1) is 0 Å². The zero-order valence-corrected chi connectivity index (χ0v) is 11.4. The molecule has 1 unspecified atom stereocenters. The molecule has 0 saturated carbocycles. The monoisotopic (exact) mass is 274 g/mol. The summed E-state index contributed by atoms with van der Waals surface area (Å²) in [5, 5.41) is 5.34. The van der Waals surface area contributed by atoms with Crippen molar-refractivity contribution in [3.8, 4) is 11.3 Å². The Morgan fingerprint density at radius 2 is 2.21 bits per heavy atom. The highest BCUT2D eigenvalue weighted by molar-refractivity contribution is 6.30. The third-order valence-corrected chi connectivity index (χ3v) is 4.24. The van der Waals surface area contributed by atoms with Crippen LogP contribution >= 0.6 is 11.6 Å². The molecule has 2 aliphatic rings. The quantitative estimate of drug-likeness (QED) is 0.675. The fourth-order valence-electron chi connectivity index (χ4n) is 3.10. The van der Waals surface area contributed by atoms with Crippen molar-refractivity contribution in [2.24, 2.45) is 0 Å². The van der Waals surface area contributed by atoms with Crippen molar-refractivity contribution < 1.29 is 4.74 Å². The van der Waals surface area contributed by atoms with Crippen molar-refractivity contribution in [3.63, 3.8) is 0 Å². The molecule has 3 nitrogen and oxygen atoms in total. The first kappa shape index (κ1) is 11.5. The summed E-state index contributed by atoms with van der Waals surface area (Å²) in [7, 11) is 0. The van der Waals surface area contributed by atoms with E-state index >= 15 is 0 Å². The van der Waals surface area contributed by atoms with Crippen LogP contribution in [0.1, 0.15) is 36.6 Å². The number of nitrogens with zero attached hydrogens (tertiary/aromatic N) is 2. The topological polar surface area (TPSA) is 27.1 Å². The van der Waals surface area contributed by atoms with Gasteiger partial charge in [0.05, 0.1) is 11.9 Å². The van der Waals surface area contributed by atoms with Gasteiger partial charge in [0, 0.05) is 29.2 Å². The van der Waals surface area contributed by atoms with Crippen LogP contribution in [0.2, 0.25) is 5.02 Å². The number of halogens is 1. The minimum absolute atomic E-state index is 0.0964. The van der Waals surface area contributed by atoms with Crippen LogP contribution in [0, 0.1) is 0 Å². The van der Waals surface area contributed by atoms with Crippen LogP contribution in [0.15, 0.2) is 24.4 Å². The third-order valence-electron chi connectivity index (χ3n) is 4.00. The molecule has 4 rings (SSSR count). The van der Waals surface area contributed by atoms with E-state index in [-0.39, 0.29) is 6.23 Å². The fourth-order valence-corrected chi connectivity index (χ4v) is 3.30. The smallest absolute Gasteiger partial charge is 0.150 e. The number of hydrogen-bond donors (Lipinski definition) is 0. The molecule has 1 aromatic carbocycles. The number of rotatable bonds is 1. The van der Waals surface area contributed by atoms with Gasteiger partial charge in [-0.3, -0.25) is 0 Å². The largest absolute Gasteiger partial charge is 0.356 e. The molecule has 0 bridgehead atoms. The zero-order chi connectivity index (χ0) is 12.8. The van der Waals surface area contributed by atoms with Gasteiger partial charge in [0.15, 0.2) is 6.23 Å². The van der Waals surface area contributed by atoms with Gasteiger partial charge in [-0.1, -0.05) is 17.7 Å². The molecule has 1 fully saturated rings. The lowest BCUT2D eigenvalue weighted by molar-refractivity contribution is -0.0383. The molecule has 1 atom stereocenters. The predicted molar refractivity (Wildman–Crippen MR) is 74.3 cm³/mol. The van der Waals surface area contributed by atoms with Gasteiger partial charge < -0.3 is 4.74 Å². The summed E-state index contributed by atoms with van der Waals surface area (Å²) in [5.41, 5.74) is 5.06. The van der Waals surface area contributed by atoms with Crippen LogP contribution < -0.4 is 0 Å². The molecule has 0 amide bonds. The standard InChI is InChI=1S/C15H15ClN2O/c16-12-4-5-13-10(8-12)7-11-9-17-18(15(11)13)14-3-1-2-6-19-14/h4-5,8-9,14H,1-3,6-7H2. The molecule has 2 heterocycles. The molecular weight excluding hydrogens is 260 g/mol. The molecule has 0 radical (unpaired) electrons. The van der Waals surface area contributed by atoms with Crippen molar-refractivity contribution in [3.05, 3.63) is 40.5 Å². The zero-order valence-electron chi connectivity index (χ0n) is 10.6. The Morgan fingerprint density at radius 3 is 3.05 bits per heavy atom. The lowest BCUT2D eigenvalue weighted by atomic mass is 10.1. The van der Waals surface area contributed by atoms with Crippen molar-refractivity contribution in [1.82, 2.24) is 9.78 Å². The van der Waals surface area contributed by atoms with Crippen LogP contribution in [0.25, 0.3) is 11.3 Å². The Hall–Kier alpha value is -1.32. The first-order valence-corrected chi connectivity index (χ1v) is 7.17. The highest BCUT2D eigenvalue weighted by Gasteiger charge is 2.27. The van der Waals surface area contributed by atoms with E-state index in [2.05, 4.69) is 21.9 Å². The van der Waals surface area contributed by atoms with Gasteiger partial charge in [0.1, 0.15) is 0 Å². The maximum atomic E-state index is 6.07. The maximum absolute atomic E-state index is 6.07. The Bertz CT molecular complexity index is 629. The molecule has 1 aliphatic heterocycles. The Morgan fingerprint density at radius 1 is 1.26 bits per heavy atom. The number of fused-ring (bicyclic) bond motifs is 3. The second-order valence-corrected chi connectivity index (χ2v) is 5.70. The fraction of sp³-hybridized carbons (Fsp3) is 0.400. The van der Waals surface area contributed by atoms with E-state index in [1.807, 2.05) is 12.3 Å². The Balaban J connectivity index is 1.80. The van der Waals surface area contributed by atoms with E-state index < -0.39 is 0 Å². The van der Waals surface area contributed by atoms with E-state index in [1.54, 1.807) is 0 Å². The molecule has 0 spiro atoms. The molecule has 0 N–H and O–H groups in total. The molecule has 4 heteroatoms. The molecule has 1 aromatic heterocycles. The summed E-state index contributed by atoms with van der Waals surface area (Å²) < 4.78 is 7.92. The predicted octanol–water partition coefficient (Wildman–Crippen LogP) is 3.81. The van der Waals surface area contributed by atoms with Crippen molar-refractivity contribution >= 4 is 11.6 Å². The van der Waals surface area contributed by atoms with Crippen LogP contribution in [0.3, 0.4) is 0 Å². The van der Waals surface area contributed by atoms with Gasteiger partial charge in [0.2, 0.25) is 0 Å². The average Bonchev–Trinajstić information content (AvgIpc) is 2.97. The van der Waals surface area contributed by atoms with E-state index in [4.69, 9.17) is 16.3 Å². The van der Waals surface area contributed by atoms with E-state index in [9.17, 15) is 0 Å². The van der Waals surface area contributed by atoms with Crippen molar-refractivity contribution in [1.29, 1.82) is 0 Å². The number of ether oxygens (including phenoxy) is 1. The average molecular weight is 275 g/mol. The first-order valence-electron chi connectivity index (χ1n) is 6.80. The molecule has 1 aliphatic carbocycles. The highest BCUT2D eigenvalue weighted by Crippen LogP contribution is 2.40. The van der Waals surface area contributed by atoms with Crippen LogP contribution in [0.5, 0.6) is 0 Å². The van der Waals surface area contributed by atoms with Crippen molar-refractivity contribution in [2.75, 3.05) is 6.61 Å². The second kappa shape index (κ2) is 4.36. The minimum atomic E-state index is 0.0964. The lowest BCUT2D eigenvalue weighted by Gasteiger charge is -2.24. The minimum Gasteiger partial charge on any atom is -0.356 e. The van der Waals surface area contributed by atoms with E-state index in [1.165, 1.54) is 28.8 Å². The molecule has 19 heavy (non-hydrogen) atoms. The molecule has 2 aromatic rings. The second-order valence-electron chi connectivity index (χ2n) is 5.26. The normalized spacial score (nSPS) is 21.2. The number of benzene rings is 1. The maximum Gasteiger partial charge on any atom is 0.150 e. The van der Waals surface area contributed by atoms with Gasteiger partial charge in [-0.05, 0) is 37.0 Å². The van der Waals surface area contributed by atoms with Gasteiger partial charge in [0.25, 0.3) is 0 Å².